The Hall–Kier alpha value is -1.75. The molecule has 1 aromatic carbocycles. The number of methoxy groups -OCH3 is 1. The zero-order chi connectivity index (χ0) is 16.9. The lowest BCUT2D eigenvalue weighted by molar-refractivity contribution is 0.0525. The van der Waals surface area contributed by atoms with E-state index in [4.69, 9.17) is 9.47 Å². The van der Waals surface area contributed by atoms with Gasteiger partial charge in [0, 0.05) is 26.2 Å². The number of hydrogen-bond acceptors (Lipinski definition) is 4. The van der Waals surface area contributed by atoms with Gasteiger partial charge in [0.1, 0.15) is 11.4 Å². The van der Waals surface area contributed by atoms with Crippen LogP contribution in [0.4, 0.5) is 4.79 Å². The van der Waals surface area contributed by atoms with E-state index in [1.807, 2.05) is 32.9 Å². The molecule has 1 aliphatic heterocycles. The largest absolute Gasteiger partial charge is 0.496 e. The summed E-state index contributed by atoms with van der Waals surface area (Å²) in [6, 6.07) is 6.24. The third-order valence-electron chi connectivity index (χ3n) is 3.84. The molecule has 0 fully saturated rings. The Bertz CT molecular complexity index is 538. The van der Waals surface area contributed by atoms with Crippen molar-refractivity contribution in [2.75, 3.05) is 26.7 Å². The monoisotopic (exact) mass is 320 g/mol. The first-order valence-corrected chi connectivity index (χ1v) is 8.23. The van der Waals surface area contributed by atoms with E-state index in [9.17, 15) is 4.79 Å². The molecule has 0 aromatic heterocycles. The number of fused-ring (bicyclic) bond motifs is 1. The summed E-state index contributed by atoms with van der Waals surface area (Å²) in [5, 5.41) is 2.81. The molecule has 0 radical (unpaired) electrons. The molecule has 1 aliphatic rings. The maximum Gasteiger partial charge on any atom is 0.407 e. The third-order valence-corrected chi connectivity index (χ3v) is 3.84. The number of amides is 1. The summed E-state index contributed by atoms with van der Waals surface area (Å²) >= 11 is 0. The van der Waals surface area contributed by atoms with Gasteiger partial charge >= 0.3 is 6.09 Å². The van der Waals surface area contributed by atoms with Gasteiger partial charge in [-0.05, 0) is 50.8 Å². The fraction of sp³-hybridized carbons (Fsp3) is 0.611. The van der Waals surface area contributed by atoms with Crippen LogP contribution in [-0.2, 0) is 17.7 Å². The Morgan fingerprint density at radius 3 is 2.83 bits per heavy atom. The van der Waals surface area contributed by atoms with Crippen LogP contribution in [0.1, 0.15) is 38.3 Å². The second-order valence-corrected chi connectivity index (χ2v) is 6.91. The highest BCUT2D eigenvalue weighted by Crippen LogP contribution is 2.27. The van der Waals surface area contributed by atoms with Gasteiger partial charge in [-0.25, -0.2) is 4.79 Å². The Morgan fingerprint density at radius 2 is 2.13 bits per heavy atom. The van der Waals surface area contributed by atoms with E-state index in [1.54, 1.807) is 7.11 Å². The van der Waals surface area contributed by atoms with Gasteiger partial charge in [0.15, 0.2) is 0 Å². The van der Waals surface area contributed by atoms with Crippen molar-refractivity contribution < 1.29 is 14.3 Å². The molecule has 23 heavy (non-hydrogen) atoms. The zero-order valence-electron chi connectivity index (χ0n) is 14.6. The lowest BCUT2D eigenvalue weighted by Crippen LogP contribution is -2.36. The zero-order valence-corrected chi connectivity index (χ0v) is 14.6. The van der Waals surface area contributed by atoms with Crippen LogP contribution in [0.15, 0.2) is 18.2 Å². The summed E-state index contributed by atoms with van der Waals surface area (Å²) in [7, 11) is 1.73. The van der Waals surface area contributed by atoms with E-state index in [1.165, 1.54) is 11.1 Å². The highest BCUT2D eigenvalue weighted by Gasteiger charge is 2.19. The Labute approximate surface area is 139 Å². The minimum atomic E-state index is -0.445. The average molecular weight is 320 g/mol. The van der Waals surface area contributed by atoms with E-state index in [0.29, 0.717) is 6.54 Å². The third kappa shape index (κ3) is 5.43. The van der Waals surface area contributed by atoms with Gasteiger partial charge in [0.2, 0.25) is 0 Å². The highest BCUT2D eigenvalue weighted by atomic mass is 16.6. The molecule has 5 heteroatoms. The summed E-state index contributed by atoms with van der Waals surface area (Å²) in [6.07, 6.45) is 1.59. The molecule has 0 bridgehead atoms. The number of hydrogen-bond donors (Lipinski definition) is 1. The Kier molecular flexibility index (Phi) is 5.88. The number of alkyl carbamates (subject to hydrolysis) is 1. The van der Waals surface area contributed by atoms with Gasteiger partial charge in [0.05, 0.1) is 7.11 Å². The van der Waals surface area contributed by atoms with Gasteiger partial charge in [-0.15, -0.1) is 0 Å². The number of carbonyl (C=O) groups excluding carboxylic acids is 1. The first-order chi connectivity index (χ1) is 10.9. The van der Waals surface area contributed by atoms with Crippen molar-refractivity contribution in [2.24, 2.45) is 0 Å². The predicted molar refractivity (Wildman–Crippen MR) is 90.8 cm³/mol. The van der Waals surface area contributed by atoms with Crippen LogP contribution < -0.4 is 10.1 Å². The van der Waals surface area contributed by atoms with Crippen LogP contribution in [0.5, 0.6) is 5.75 Å². The molecule has 5 nitrogen and oxygen atoms in total. The van der Waals surface area contributed by atoms with Gasteiger partial charge < -0.3 is 14.8 Å². The van der Waals surface area contributed by atoms with Gasteiger partial charge in [0.25, 0.3) is 0 Å². The van der Waals surface area contributed by atoms with E-state index in [0.717, 1.165) is 38.2 Å². The molecule has 0 spiro atoms. The maximum absolute atomic E-state index is 11.6. The molecule has 0 saturated carbocycles. The molecule has 1 amide bonds. The van der Waals surface area contributed by atoms with Crippen LogP contribution in [0.25, 0.3) is 0 Å². The SMILES string of the molecule is COc1cccc2c1CCN(CCCNC(=O)OC(C)(C)C)C2. The van der Waals surface area contributed by atoms with E-state index >= 15 is 0 Å². The summed E-state index contributed by atoms with van der Waals surface area (Å²) in [4.78, 5) is 14.0. The molecule has 1 heterocycles. The van der Waals surface area contributed by atoms with Gasteiger partial charge in [-0.1, -0.05) is 12.1 Å². The lowest BCUT2D eigenvalue weighted by atomic mass is 9.98. The highest BCUT2D eigenvalue weighted by molar-refractivity contribution is 5.67. The van der Waals surface area contributed by atoms with E-state index in [2.05, 4.69) is 16.3 Å². The van der Waals surface area contributed by atoms with Crippen LogP contribution in [-0.4, -0.2) is 43.3 Å². The van der Waals surface area contributed by atoms with Crippen molar-refractivity contribution in [3.63, 3.8) is 0 Å². The summed E-state index contributed by atoms with van der Waals surface area (Å²) in [6.45, 7) is 9.17. The predicted octanol–water partition coefficient (Wildman–Crippen LogP) is 2.97. The lowest BCUT2D eigenvalue weighted by Gasteiger charge is -2.29. The normalized spacial score (nSPS) is 15.0. The molecule has 1 N–H and O–H groups in total. The average Bonchev–Trinajstić information content (AvgIpc) is 2.49. The van der Waals surface area contributed by atoms with Gasteiger partial charge in [-0.2, -0.15) is 0 Å². The number of ether oxygens (including phenoxy) is 2. The molecule has 1 aromatic rings. The van der Waals surface area contributed by atoms with Crippen LogP contribution >= 0.6 is 0 Å². The molecule has 128 valence electrons. The van der Waals surface area contributed by atoms with Crippen LogP contribution in [0.2, 0.25) is 0 Å². The number of rotatable bonds is 5. The number of nitrogens with zero attached hydrogens (tertiary/aromatic N) is 1. The fourth-order valence-corrected chi connectivity index (χ4v) is 2.82. The number of carbonyl (C=O) groups is 1. The second kappa shape index (κ2) is 7.68. The quantitative estimate of drug-likeness (QED) is 0.848. The minimum Gasteiger partial charge on any atom is -0.496 e. The number of benzene rings is 1. The molecular formula is C18H28N2O3. The smallest absolute Gasteiger partial charge is 0.407 e. The fourth-order valence-electron chi connectivity index (χ4n) is 2.82. The molecule has 0 saturated heterocycles. The molecule has 0 unspecified atom stereocenters. The van der Waals surface area contributed by atoms with E-state index < -0.39 is 5.60 Å². The minimum absolute atomic E-state index is 0.341. The van der Waals surface area contributed by atoms with E-state index in [-0.39, 0.29) is 6.09 Å². The molecular weight excluding hydrogens is 292 g/mol. The van der Waals surface area contributed by atoms with Gasteiger partial charge in [-0.3, -0.25) is 4.90 Å². The van der Waals surface area contributed by atoms with Crippen molar-refractivity contribution in [1.82, 2.24) is 10.2 Å². The van der Waals surface area contributed by atoms with Crippen molar-refractivity contribution in [2.45, 2.75) is 45.8 Å². The summed E-state index contributed by atoms with van der Waals surface area (Å²) < 4.78 is 10.7. The Balaban J connectivity index is 1.73. The summed E-state index contributed by atoms with van der Waals surface area (Å²) in [5.74, 6) is 0.994. The van der Waals surface area contributed by atoms with Crippen LogP contribution in [0, 0.1) is 0 Å². The molecule has 2 rings (SSSR count). The topological polar surface area (TPSA) is 50.8 Å². The molecule has 0 atom stereocenters. The van der Waals surface area contributed by atoms with Crippen molar-refractivity contribution in [3.05, 3.63) is 29.3 Å². The van der Waals surface area contributed by atoms with Crippen molar-refractivity contribution in [1.29, 1.82) is 0 Å². The second-order valence-electron chi connectivity index (χ2n) is 6.91. The van der Waals surface area contributed by atoms with Crippen molar-refractivity contribution >= 4 is 6.09 Å². The first-order valence-electron chi connectivity index (χ1n) is 8.23. The Morgan fingerprint density at radius 1 is 1.35 bits per heavy atom. The standard InChI is InChI=1S/C18H28N2O3/c1-18(2,3)23-17(21)19-10-6-11-20-12-9-15-14(13-20)7-5-8-16(15)22-4/h5,7-8H,6,9-13H2,1-4H3,(H,19,21). The summed E-state index contributed by atoms with van der Waals surface area (Å²) in [5.41, 5.74) is 2.23. The van der Waals surface area contributed by atoms with Crippen LogP contribution in [0.3, 0.4) is 0 Å². The molecule has 0 aliphatic carbocycles. The maximum atomic E-state index is 11.6. The first kappa shape index (κ1) is 17.6. The van der Waals surface area contributed by atoms with Crippen molar-refractivity contribution in [3.8, 4) is 5.75 Å². The number of nitrogens with one attached hydrogen (secondary N) is 1.